The first kappa shape index (κ1) is 19.6. The summed E-state index contributed by atoms with van der Waals surface area (Å²) in [6.45, 7) is 8.68. The SMILES string of the molecule is CCc1c(C(=O)Nc2ccc(N(CC)CC)nc2)cnn1Cc1ccccc1. The maximum atomic E-state index is 12.8. The average molecular weight is 377 g/mol. The Morgan fingerprint density at radius 3 is 2.39 bits per heavy atom. The van der Waals surface area contributed by atoms with Gasteiger partial charge in [-0.25, -0.2) is 4.98 Å². The highest BCUT2D eigenvalue weighted by molar-refractivity contribution is 6.04. The average Bonchev–Trinajstić information content (AvgIpc) is 3.13. The molecule has 3 aromatic rings. The molecule has 2 heterocycles. The number of rotatable bonds is 8. The molecular weight excluding hydrogens is 350 g/mol. The molecule has 0 bridgehead atoms. The van der Waals surface area contributed by atoms with E-state index in [0.717, 1.165) is 36.6 Å². The molecule has 0 radical (unpaired) electrons. The van der Waals surface area contributed by atoms with Crippen LogP contribution in [0, 0.1) is 0 Å². The van der Waals surface area contributed by atoms with Crippen LogP contribution >= 0.6 is 0 Å². The monoisotopic (exact) mass is 377 g/mol. The Morgan fingerprint density at radius 1 is 1.04 bits per heavy atom. The molecule has 0 aliphatic rings. The Labute approximate surface area is 166 Å². The van der Waals surface area contributed by atoms with Crippen LogP contribution in [0.1, 0.15) is 42.4 Å². The molecule has 0 spiro atoms. The highest BCUT2D eigenvalue weighted by Crippen LogP contribution is 2.17. The van der Waals surface area contributed by atoms with Crippen LogP contribution in [0.15, 0.2) is 54.9 Å². The lowest BCUT2D eigenvalue weighted by Crippen LogP contribution is -2.23. The molecule has 6 nitrogen and oxygen atoms in total. The smallest absolute Gasteiger partial charge is 0.259 e. The van der Waals surface area contributed by atoms with Gasteiger partial charge < -0.3 is 10.2 Å². The van der Waals surface area contributed by atoms with E-state index in [4.69, 9.17) is 0 Å². The zero-order valence-corrected chi connectivity index (χ0v) is 16.7. The van der Waals surface area contributed by atoms with Crippen molar-refractivity contribution in [3.8, 4) is 0 Å². The molecular formula is C22H27N5O. The predicted octanol–water partition coefficient (Wildman–Crippen LogP) is 3.99. The minimum atomic E-state index is -0.159. The molecule has 0 saturated carbocycles. The quantitative estimate of drug-likeness (QED) is 0.645. The molecule has 0 unspecified atom stereocenters. The van der Waals surface area contributed by atoms with E-state index >= 15 is 0 Å². The summed E-state index contributed by atoms with van der Waals surface area (Å²) in [5.74, 6) is 0.751. The number of anilines is 2. The van der Waals surface area contributed by atoms with Crippen LogP contribution in [0.4, 0.5) is 11.5 Å². The van der Waals surface area contributed by atoms with Crippen molar-refractivity contribution in [1.82, 2.24) is 14.8 Å². The topological polar surface area (TPSA) is 63.1 Å². The number of aromatic nitrogens is 3. The molecule has 0 aliphatic heterocycles. The third kappa shape index (κ3) is 4.39. The number of carbonyl (C=O) groups excluding carboxylic acids is 1. The first-order valence-electron chi connectivity index (χ1n) is 9.77. The predicted molar refractivity (Wildman–Crippen MR) is 113 cm³/mol. The van der Waals surface area contributed by atoms with Crippen molar-refractivity contribution < 1.29 is 4.79 Å². The number of benzene rings is 1. The number of amides is 1. The molecule has 3 rings (SSSR count). The van der Waals surface area contributed by atoms with E-state index in [1.54, 1.807) is 12.4 Å². The molecule has 0 aliphatic carbocycles. The Balaban J connectivity index is 1.74. The van der Waals surface area contributed by atoms with Gasteiger partial charge in [-0.2, -0.15) is 5.10 Å². The maximum absolute atomic E-state index is 12.8. The fourth-order valence-corrected chi connectivity index (χ4v) is 3.26. The molecule has 0 fully saturated rings. The van der Waals surface area contributed by atoms with Crippen molar-refractivity contribution in [2.75, 3.05) is 23.3 Å². The van der Waals surface area contributed by atoms with Gasteiger partial charge in [0.2, 0.25) is 0 Å². The summed E-state index contributed by atoms with van der Waals surface area (Å²) in [6.07, 6.45) is 4.08. The van der Waals surface area contributed by atoms with E-state index in [2.05, 4.69) is 46.3 Å². The fraction of sp³-hybridized carbons (Fsp3) is 0.318. The summed E-state index contributed by atoms with van der Waals surface area (Å²) in [5.41, 5.74) is 3.36. The summed E-state index contributed by atoms with van der Waals surface area (Å²) in [4.78, 5) is 19.4. The third-order valence-electron chi connectivity index (χ3n) is 4.80. The van der Waals surface area contributed by atoms with Crippen molar-refractivity contribution in [1.29, 1.82) is 0 Å². The van der Waals surface area contributed by atoms with E-state index in [-0.39, 0.29) is 5.91 Å². The standard InChI is InChI=1S/C22H27N5O/c1-4-20-19(15-24-27(20)16-17-10-8-7-9-11-17)22(28)25-18-12-13-21(23-14-18)26(5-2)6-3/h7-15H,4-6,16H2,1-3H3,(H,25,28). The van der Waals surface area contributed by atoms with Gasteiger partial charge >= 0.3 is 0 Å². The largest absolute Gasteiger partial charge is 0.357 e. The number of nitrogens with zero attached hydrogens (tertiary/aromatic N) is 4. The van der Waals surface area contributed by atoms with Gasteiger partial charge in [0, 0.05) is 13.1 Å². The first-order valence-corrected chi connectivity index (χ1v) is 9.77. The van der Waals surface area contributed by atoms with Crippen LogP contribution in [0.3, 0.4) is 0 Å². The number of nitrogens with one attached hydrogen (secondary N) is 1. The van der Waals surface area contributed by atoms with E-state index in [1.165, 1.54) is 0 Å². The summed E-state index contributed by atoms with van der Waals surface area (Å²) in [7, 11) is 0. The molecule has 1 N–H and O–H groups in total. The minimum absolute atomic E-state index is 0.159. The molecule has 146 valence electrons. The van der Waals surface area contributed by atoms with Gasteiger partial charge in [0.15, 0.2) is 0 Å². The minimum Gasteiger partial charge on any atom is -0.357 e. The second-order valence-electron chi connectivity index (χ2n) is 6.53. The van der Waals surface area contributed by atoms with Crippen molar-refractivity contribution in [3.63, 3.8) is 0 Å². The van der Waals surface area contributed by atoms with Gasteiger partial charge in [-0.15, -0.1) is 0 Å². The lowest BCUT2D eigenvalue weighted by molar-refractivity contribution is 0.102. The molecule has 6 heteroatoms. The first-order chi connectivity index (χ1) is 13.7. The zero-order chi connectivity index (χ0) is 19.9. The second-order valence-corrected chi connectivity index (χ2v) is 6.53. The van der Waals surface area contributed by atoms with E-state index in [1.807, 2.05) is 41.9 Å². The Hall–Kier alpha value is -3.15. The number of hydrogen-bond acceptors (Lipinski definition) is 4. The van der Waals surface area contributed by atoms with Gasteiger partial charge in [0.1, 0.15) is 5.82 Å². The van der Waals surface area contributed by atoms with Crippen LogP contribution in [0.25, 0.3) is 0 Å². The maximum Gasteiger partial charge on any atom is 0.259 e. The van der Waals surface area contributed by atoms with Crippen molar-refractivity contribution in [3.05, 3.63) is 71.7 Å². The summed E-state index contributed by atoms with van der Waals surface area (Å²) < 4.78 is 1.89. The van der Waals surface area contributed by atoms with Gasteiger partial charge in [-0.3, -0.25) is 9.48 Å². The zero-order valence-electron chi connectivity index (χ0n) is 16.7. The van der Waals surface area contributed by atoms with Crippen LogP contribution < -0.4 is 10.2 Å². The Bertz CT molecular complexity index is 898. The fourth-order valence-electron chi connectivity index (χ4n) is 3.26. The molecule has 0 saturated heterocycles. The van der Waals surface area contributed by atoms with Gasteiger partial charge in [-0.1, -0.05) is 37.3 Å². The number of pyridine rings is 1. The number of carbonyl (C=O) groups is 1. The van der Waals surface area contributed by atoms with Crippen LogP contribution in [0.5, 0.6) is 0 Å². The van der Waals surface area contributed by atoms with Crippen LogP contribution in [0.2, 0.25) is 0 Å². The normalized spacial score (nSPS) is 10.7. The third-order valence-corrected chi connectivity index (χ3v) is 4.80. The van der Waals surface area contributed by atoms with Crippen LogP contribution in [-0.4, -0.2) is 33.8 Å². The lowest BCUT2D eigenvalue weighted by atomic mass is 10.1. The van der Waals surface area contributed by atoms with E-state index < -0.39 is 0 Å². The highest BCUT2D eigenvalue weighted by Gasteiger charge is 2.17. The lowest BCUT2D eigenvalue weighted by Gasteiger charge is -2.19. The van der Waals surface area contributed by atoms with Gasteiger partial charge in [-0.05, 0) is 38.0 Å². The van der Waals surface area contributed by atoms with Crippen LogP contribution in [-0.2, 0) is 13.0 Å². The van der Waals surface area contributed by atoms with Crippen molar-refractivity contribution in [2.24, 2.45) is 0 Å². The molecule has 2 aromatic heterocycles. The Morgan fingerprint density at radius 2 is 1.79 bits per heavy atom. The van der Waals surface area contributed by atoms with Gasteiger partial charge in [0.05, 0.1) is 35.9 Å². The molecule has 1 amide bonds. The summed E-state index contributed by atoms with van der Waals surface area (Å²) >= 11 is 0. The van der Waals surface area contributed by atoms with Crippen molar-refractivity contribution >= 4 is 17.4 Å². The highest BCUT2D eigenvalue weighted by atomic mass is 16.1. The summed E-state index contributed by atoms with van der Waals surface area (Å²) in [5, 5.41) is 7.38. The Kier molecular flexibility index (Phi) is 6.42. The molecule has 0 atom stereocenters. The van der Waals surface area contributed by atoms with E-state index in [0.29, 0.717) is 17.8 Å². The number of hydrogen-bond donors (Lipinski definition) is 1. The van der Waals surface area contributed by atoms with E-state index in [9.17, 15) is 4.79 Å². The second kappa shape index (κ2) is 9.17. The van der Waals surface area contributed by atoms with Gasteiger partial charge in [0.25, 0.3) is 5.91 Å². The van der Waals surface area contributed by atoms with Crippen molar-refractivity contribution in [2.45, 2.75) is 33.7 Å². The molecule has 28 heavy (non-hydrogen) atoms. The summed E-state index contributed by atoms with van der Waals surface area (Å²) in [6, 6.07) is 13.9. The molecule has 1 aromatic carbocycles.